The average Bonchev–Trinajstić information content (AvgIpc) is 3.37. The number of oxime groups is 1. The molecule has 1 aromatic carbocycles. The second-order valence-corrected chi connectivity index (χ2v) is 10.3. The number of rotatable bonds is 14. The van der Waals surface area contributed by atoms with E-state index in [1.165, 1.54) is 0 Å². The van der Waals surface area contributed by atoms with Gasteiger partial charge in [-0.1, -0.05) is 5.16 Å². The molecule has 0 unspecified atom stereocenters. The van der Waals surface area contributed by atoms with E-state index in [1.807, 2.05) is 24.3 Å². The van der Waals surface area contributed by atoms with Crippen LogP contribution in [-0.4, -0.2) is 75.0 Å². The topological polar surface area (TPSA) is 200 Å². The van der Waals surface area contributed by atoms with Crippen molar-refractivity contribution >= 4 is 63.0 Å². The molecule has 1 aliphatic heterocycles. The molecule has 7 N–H and O–H groups in total. The number of nitrogen functional groups attached to an aromatic ring is 1. The second kappa shape index (κ2) is 13.1. The predicted molar refractivity (Wildman–Crippen MR) is 153 cm³/mol. The average molecular weight is 591 g/mol. The normalized spacial score (nSPS) is 16.5. The number of anilines is 2. The van der Waals surface area contributed by atoms with E-state index in [2.05, 4.69) is 25.8 Å². The molecule has 16 heteroatoms. The molecule has 0 bridgehead atoms. The van der Waals surface area contributed by atoms with Crippen LogP contribution in [-0.2, 0) is 18.7 Å². The number of thiazole rings is 1. The highest BCUT2D eigenvalue weighted by atomic mass is 32.2. The van der Waals surface area contributed by atoms with E-state index in [1.54, 1.807) is 25.3 Å². The summed E-state index contributed by atoms with van der Waals surface area (Å²) in [4.78, 5) is 39.5. The maximum atomic E-state index is 13.0. The number of benzene rings is 1. The van der Waals surface area contributed by atoms with Gasteiger partial charge < -0.3 is 36.2 Å². The van der Waals surface area contributed by atoms with Crippen LogP contribution in [0.25, 0.3) is 10.9 Å². The lowest BCUT2D eigenvalue weighted by Crippen LogP contribution is -2.76. The van der Waals surface area contributed by atoms with Gasteiger partial charge in [0.1, 0.15) is 29.9 Å². The zero-order chi connectivity index (χ0) is 28.7. The number of ether oxygens (including phenoxy) is 1. The maximum absolute atomic E-state index is 13.0. The third-order valence-electron chi connectivity index (χ3n) is 5.99. The van der Waals surface area contributed by atoms with Crippen LogP contribution < -0.4 is 26.8 Å². The molecule has 2 aromatic heterocycles. The summed E-state index contributed by atoms with van der Waals surface area (Å²) in [5, 5.41) is 13.5. The lowest BCUT2D eigenvalue weighted by Gasteiger charge is -2.50. The van der Waals surface area contributed by atoms with Gasteiger partial charge in [-0.25, -0.2) is 9.97 Å². The molecule has 4 rings (SSSR count). The van der Waals surface area contributed by atoms with Crippen LogP contribution in [0.3, 0.4) is 0 Å². The van der Waals surface area contributed by atoms with Crippen molar-refractivity contribution in [1.29, 1.82) is 0 Å². The van der Waals surface area contributed by atoms with Gasteiger partial charge >= 0.3 is 0 Å². The van der Waals surface area contributed by atoms with Crippen LogP contribution in [0, 0.1) is 0 Å². The third kappa shape index (κ3) is 6.71. The Labute approximate surface area is 238 Å². The van der Waals surface area contributed by atoms with E-state index in [4.69, 9.17) is 29.9 Å². The lowest BCUT2D eigenvalue weighted by atomic mass is 9.84. The quantitative estimate of drug-likeness (QED) is 0.0602. The van der Waals surface area contributed by atoms with Gasteiger partial charge in [-0.2, -0.15) is 9.35 Å². The minimum atomic E-state index is -0.920. The number of β-lactam (4-membered cyclic amide) rings is 1. The number of nitrogens with zero attached hydrogens (tertiary/aromatic N) is 4. The van der Waals surface area contributed by atoms with Crippen LogP contribution >= 0.6 is 23.7 Å². The van der Waals surface area contributed by atoms with E-state index in [0.717, 1.165) is 46.1 Å². The van der Waals surface area contributed by atoms with Crippen LogP contribution in [0.4, 0.5) is 10.9 Å². The SMILES string of the molecule is CC1(C)[C@H](NC(=O)/C(=N\OCCOc2ccc3nc(NCCCN)ccc3c2)c2csc(N)n2)C(=O)N1OSO. The fraction of sp³-hybridized carbons (Fsp3) is 0.375. The van der Waals surface area contributed by atoms with E-state index < -0.39 is 23.4 Å². The highest BCUT2D eigenvalue weighted by Crippen LogP contribution is 2.33. The number of hydrogen-bond donors (Lipinski definition) is 5. The van der Waals surface area contributed by atoms with E-state index >= 15 is 0 Å². The van der Waals surface area contributed by atoms with Crippen molar-refractivity contribution in [2.45, 2.75) is 31.8 Å². The van der Waals surface area contributed by atoms with Crippen LogP contribution in [0.15, 0.2) is 40.9 Å². The summed E-state index contributed by atoms with van der Waals surface area (Å²) in [6.45, 7) is 4.89. The molecule has 1 fully saturated rings. The van der Waals surface area contributed by atoms with Gasteiger partial charge in [0, 0.05) is 17.3 Å². The Morgan fingerprint density at radius 2 is 2.10 bits per heavy atom. The molecule has 1 aliphatic rings. The Bertz CT molecular complexity index is 1380. The number of carbonyl (C=O) groups excluding carboxylic acids is 2. The molecule has 214 valence electrons. The fourth-order valence-corrected chi connectivity index (χ4v) is 4.76. The molecule has 0 saturated carbocycles. The molecule has 3 aromatic rings. The van der Waals surface area contributed by atoms with Crippen molar-refractivity contribution in [2.24, 2.45) is 10.9 Å². The largest absolute Gasteiger partial charge is 0.490 e. The first-order valence-electron chi connectivity index (χ1n) is 12.3. The van der Waals surface area contributed by atoms with Crippen molar-refractivity contribution in [1.82, 2.24) is 20.3 Å². The number of hydrogen-bond acceptors (Lipinski definition) is 14. The monoisotopic (exact) mass is 590 g/mol. The van der Waals surface area contributed by atoms with Gasteiger partial charge in [-0.05, 0) is 57.1 Å². The number of fused-ring (bicyclic) bond motifs is 1. The number of aromatic nitrogens is 2. The summed E-state index contributed by atoms with van der Waals surface area (Å²) >= 11 is 1.17. The molecule has 0 spiro atoms. The highest BCUT2D eigenvalue weighted by molar-refractivity contribution is 7.88. The van der Waals surface area contributed by atoms with Crippen LogP contribution in [0.5, 0.6) is 5.75 Å². The Balaban J connectivity index is 1.34. The molecular weight excluding hydrogens is 560 g/mol. The van der Waals surface area contributed by atoms with Gasteiger partial charge in [-0.3, -0.25) is 9.59 Å². The highest BCUT2D eigenvalue weighted by Gasteiger charge is 2.57. The minimum absolute atomic E-state index is 0.0277. The van der Waals surface area contributed by atoms with E-state index in [9.17, 15) is 9.59 Å². The Morgan fingerprint density at radius 1 is 1.27 bits per heavy atom. The number of nitrogens with two attached hydrogens (primary N) is 2. The first-order valence-corrected chi connectivity index (χ1v) is 13.8. The molecule has 0 aliphatic carbocycles. The lowest BCUT2D eigenvalue weighted by molar-refractivity contribution is -0.214. The number of nitrogens with one attached hydrogen (secondary N) is 2. The molecule has 14 nitrogen and oxygen atoms in total. The predicted octanol–water partition coefficient (Wildman–Crippen LogP) is 1.99. The van der Waals surface area contributed by atoms with Crippen molar-refractivity contribution in [3.8, 4) is 5.75 Å². The number of carbonyl (C=O) groups is 2. The zero-order valence-electron chi connectivity index (χ0n) is 21.8. The summed E-state index contributed by atoms with van der Waals surface area (Å²) in [6, 6.07) is 8.46. The van der Waals surface area contributed by atoms with Crippen LogP contribution in [0.2, 0.25) is 0 Å². The smallest absolute Gasteiger partial charge is 0.276 e. The zero-order valence-corrected chi connectivity index (χ0v) is 23.5. The summed E-state index contributed by atoms with van der Waals surface area (Å²) in [7, 11) is 0. The number of hydroxylamine groups is 2. The molecule has 1 atom stereocenters. The molecule has 40 heavy (non-hydrogen) atoms. The van der Waals surface area contributed by atoms with Crippen LogP contribution in [0.1, 0.15) is 26.0 Å². The first kappa shape index (κ1) is 29.3. The molecule has 1 saturated heterocycles. The summed E-state index contributed by atoms with van der Waals surface area (Å²) in [6.07, 6.45) is 0.861. The first-order chi connectivity index (χ1) is 19.2. The molecule has 0 radical (unpaired) electrons. The Hall–Kier alpha value is -3.70. The van der Waals surface area contributed by atoms with Crippen molar-refractivity contribution < 1.29 is 28.0 Å². The summed E-state index contributed by atoms with van der Waals surface area (Å²) in [5.41, 5.74) is 11.2. The van der Waals surface area contributed by atoms with E-state index in [-0.39, 0.29) is 42.1 Å². The van der Waals surface area contributed by atoms with Gasteiger partial charge in [0.05, 0.1) is 11.1 Å². The van der Waals surface area contributed by atoms with Gasteiger partial charge in [0.2, 0.25) is 0 Å². The molecule has 3 heterocycles. The van der Waals surface area contributed by atoms with Gasteiger partial charge in [0.25, 0.3) is 11.8 Å². The van der Waals surface area contributed by atoms with Crippen molar-refractivity contribution in [2.75, 3.05) is 37.4 Å². The summed E-state index contributed by atoms with van der Waals surface area (Å²) in [5.74, 6) is 0.182. The summed E-state index contributed by atoms with van der Waals surface area (Å²) < 4.78 is 19.5. The standard InChI is InChI=1S/C24H30N8O6S2/c1-24(2)20(22(34)32(24)38-40-35)30-21(33)19(17-13-39-23(26)29-17)31-37-11-10-36-15-5-6-16-14(12-15)4-7-18(28-16)27-9-3-8-25/h4-7,12-13,20,35H,3,8-11,25H2,1-2H3,(H2,26,29)(H,27,28)(H,30,33)/b31-19-/t20-/m1/s1. The van der Waals surface area contributed by atoms with Gasteiger partial charge in [0.15, 0.2) is 29.8 Å². The Kier molecular flexibility index (Phi) is 9.59. The Morgan fingerprint density at radius 3 is 2.80 bits per heavy atom. The second-order valence-electron chi connectivity index (χ2n) is 9.15. The number of pyridine rings is 1. The maximum Gasteiger partial charge on any atom is 0.276 e. The van der Waals surface area contributed by atoms with E-state index in [0.29, 0.717) is 12.3 Å². The van der Waals surface area contributed by atoms with Crippen molar-refractivity contribution in [3.05, 3.63) is 41.4 Å². The molecular formula is C24H30N8O6S2. The van der Waals surface area contributed by atoms with Gasteiger partial charge in [-0.15, -0.1) is 11.3 Å². The number of amides is 2. The molecule has 2 amide bonds. The van der Waals surface area contributed by atoms with Crippen molar-refractivity contribution in [3.63, 3.8) is 0 Å². The fourth-order valence-electron chi connectivity index (χ4n) is 3.88. The third-order valence-corrected chi connectivity index (χ3v) is 6.88. The minimum Gasteiger partial charge on any atom is -0.490 e.